The van der Waals surface area contributed by atoms with Crippen LogP contribution in [0.1, 0.15) is 36.2 Å². The molecule has 3 rings (SSSR count). The highest BCUT2D eigenvalue weighted by atomic mass is 19.2. The maximum atomic E-state index is 13.4. The van der Waals surface area contributed by atoms with E-state index >= 15 is 0 Å². The molecule has 1 aliphatic heterocycles. The van der Waals surface area contributed by atoms with Gasteiger partial charge >= 0.3 is 0 Å². The number of aliphatic hydroxyl groups is 1. The Morgan fingerprint density at radius 2 is 1.96 bits per heavy atom. The van der Waals surface area contributed by atoms with E-state index in [2.05, 4.69) is 5.32 Å². The highest BCUT2D eigenvalue weighted by molar-refractivity contribution is 5.77. The summed E-state index contributed by atoms with van der Waals surface area (Å²) in [6.07, 6.45) is -0.944. The first-order valence-electron chi connectivity index (χ1n) is 8.13. The Morgan fingerprint density at radius 1 is 1.20 bits per heavy atom. The molecule has 2 aromatic carbocycles. The second kappa shape index (κ2) is 7.72. The quantitative estimate of drug-likeness (QED) is 0.874. The van der Waals surface area contributed by atoms with E-state index < -0.39 is 23.8 Å². The number of ether oxygens (including phenoxy) is 1. The van der Waals surface area contributed by atoms with Crippen molar-refractivity contribution in [3.05, 3.63) is 71.3 Å². The minimum absolute atomic E-state index is 0.0784. The second-order valence-electron chi connectivity index (χ2n) is 6.06. The Balaban J connectivity index is 1.63. The van der Waals surface area contributed by atoms with Crippen LogP contribution in [0, 0.1) is 11.6 Å². The average Bonchev–Trinajstić information content (AvgIpc) is 3.06. The van der Waals surface area contributed by atoms with Gasteiger partial charge in [-0.1, -0.05) is 36.4 Å². The van der Waals surface area contributed by atoms with E-state index in [4.69, 9.17) is 4.74 Å². The molecule has 0 aromatic heterocycles. The fourth-order valence-corrected chi connectivity index (χ4v) is 2.99. The third-order valence-electron chi connectivity index (χ3n) is 4.27. The predicted molar refractivity (Wildman–Crippen MR) is 87.6 cm³/mol. The summed E-state index contributed by atoms with van der Waals surface area (Å²) in [6, 6.07) is 12.2. The Bertz CT molecular complexity index is 739. The normalized spacial score (nSPS) is 21.1. The van der Waals surface area contributed by atoms with E-state index in [-0.39, 0.29) is 18.4 Å². The van der Waals surface area contributed by atoms with Gasteiger partial charge in [-0.05, 0) is 29.7 Å². The Morgan fingerprint density at radius 3 is 2.68 bits per heavy atom. The van der Waals surface area contributed by atoms with E-state index in [0.29, 0.717) is 24.2 Å². The van der Waals surface area contributed by atoms with Gasteiger partial charge < -0.3 is 15.2 Å². The molecule has 0 bridgehead atoms. The molecule has 1 amide bonds. The molecule has 1 heterocycles. The molecule has 25 heavy (non-hydrogen) atoms. The van der Waals surface area contributed by atoms with Gasteiger partial charge in [-0.3, -0.25) is 4.79 Å². The Hall–Kier alpha value is -2.31. The fourth-order valence-electron chi connectivity index (χ4n) is 2.99. The number of amides is 1. The average molecular weight is 347 g/mol. The molecule has 6 heteroatoms. The number of hydrogen-bond acceptors (Lipinski definition) is 3. The highest BCUT2D eigenvalue weighted by Crippen LogP contribution is 2.30. The van der Waals surface area contributed by atoms with Gasteiger partial charge in [0.15, 0.2) is 11.6 Å². The standard InChI is InChI=1S/C19H19F2NO3/c20-14-7-6-13(10-15(14)21)19-16(8-9-25-19)22-18(24)11-17(23)12-4-2-1-3-5-12/h1-7,10,16-17,19,23H,8-9,11H2,(H,22,24). The second-order valence-corrected chi connectivity index (χ2v) is 6.06. The lowest BCUT2D eigenvalue weighted by Gasteiger charge is -2.21. The van der Waals surface area contributed by atoms with Crippen molar-refractivity contribution in [2.45, 2.75) is 31.1 Å². The van der Waals surface area contributed by atoms with Crippen molar-refractivity contribution in [2.75, 3.05) is 6.61 Å². The zero-order valence-electron chi connectivity index (χ0n) is 13.5. The maximum Gasteiger partial charge on any atom is 0.223 e. The van der Waals surface area contributed by atoms with E-state index in [1.54, 1.807) is 24.3 Å². The van der Waals surface area contributed by atoms with E-state index in [1.807, 2.05) is 6.07 Å². The summed E-state index contributed by atoms with van der Waals surface area (Å²) in [4.78, 5) is 12.2. The van der Waals surface area contributed by atoms with Gasteiger partial charge in [0.1, 0.15) is 6.10 Å². The molecule has 0 saturated carbocycles. The zero-order chi connectivity index (χ0) is 17.8. The van der Waals surface area contributed by atoms with Gasteiger partial charge in [0, 0.05) is 6.61 Å². The maximum absolute atomic E-state index is 13.4. The summed E-state index contributed by atoms with van der Waals surface area (Å²) < 4.78 is 32.1. The molecule has 3 atom stereocenters. The van der Waals surface area contributed by atoms with Crippen molar-refractivity contribution in [1.82, 2.24) is 5.32 Å². The van der Waals surface area contributed by atoms with Gasteiger partial charge in [-0.2, -0.15) is 0 Å². The van der Waals surface area contributed by atoms with Crippen molar-refractivity contribution in [2.24, 2.45) is 0 Å². The number of hydrogen-bond donors (Lipinski definition) is 2. The third-order valence-corrected chi connectivity index (χ3v) is 4.27. The minimum Gasteiger partial charge on any atom is -0.388 e. The van der Waals surface area contributed by atoms with Crippen LogP contribution >= 0.6 is 0 Å². The Kier molecular flexibility index (Phi) is 5.40. The SMILES string of the molecule is O=C(CC(O)c1ccccc1)NC1CCOC1c1ccc(F)c(F)c1. The van der Waals surface area contributed by atoms with Crippen LogP contribution in [0.3, 0.4) is 0 Å². The van der Waals surface area contributed by atoms with Crippen LogP contribution < -0.4 is 5.32 Å². The number of benzene rings is 2. The first kappa shape index (κ1) is 17.5. The summed E-state index contributed by atoms with van der Waals surface area (Å²) in [7, 11) is 0. The number of carbonyl (C=O) groups excluding carboxylic acids is 1. The van der Waals surface area contributed by atoms with Crippen LogP contribution in [0.25, 0.3) is 0 Å². The number of nitrogens with one attached hydrogen (secondary N) is 1. The van der Waals surface area contributed by atoms with E-state index in [0.717, 1.165) is 12.1 Å². The van der Waals surface area contributed by atoms with Crippen molar-refractivity contribution >= 4 is 5.91 Å². The van der Waals surface area contributed by atoms with Crippen LogP contribution in [0.4, 0.5) is 8.78 Å². The van der Waals surface area contributed by atoms with Gasteiger partial charge in [0.25, 0.3) is 0 Å². The number of aliphatic hydroxyl groups excluding tert-OH is 1. The van der Waals surface area contributed by atoms with Crippen molar-refractivity contribution in [1.29, 1.82) is 0 Å². The Labute approximate surface area is 144 Å². The number of halogens is 2. The first-order chi connectivity index (χ1) is 12.0. The molecule has 0 aliphatic carbocycles. The molecule has 3 unspecified atom stereocenters. The fraction of sp³-hybridized carbons (Fsp3) is 0.316. The van der Waals surface area contributed by atoms with Crippen LogP contribution in [0.15, 0.2) is 48.5 Å². The molecule has 1 saturated heterocycles. The smallest absolute Gasteiger partial charge is 0.223 e. The number of rotatable bonds is 5. The molecule has 1 fully saturated rings. The lowest BCUT2D eigenvalue weighted by atomic mass is 10.0. The van der Waals surface area contributed by atoms with Crippen molar-refractivity contribution in [3.8, 4) is 0 Å². The van der Waals surface area contributed by atoms with Gasteiger partial charge in [-0.15, -0.1) is 0 Å². The summed E-state index contributed by atoms with van der Waals surface area (Å²) in [5.41, 5.74) is 1.14. The number of carbonyl (C=O) groups is 1. The molecule has 2 N–H and O–H groups in total. The van der Waals surface area contributed by atoms with Crippen LogP contribution in [-0.4, -0.2) is 23.7 Å². The molecule has 132 valence electrons. The molecule has 1 aliphatic rings. The van der Waals surface area contributed by atoms with E-state index in [1.165, 1.54) is 6.07 Å². The summed E-state index contributed by atoms with van der Waals surface area (Å²) in [6.45, 7) is 0.413. The molecule has 0 spiro atoms. The van der Waals surface area contributed by atoms with Crippen molar-refractivity contribution < 1.29 is 23.4 Å². The van der Waals surface area contributed by atoms with Crippen molar-refractivity contribution in [3.63, 3.8) is 0 Å². The molecular weight excluding hydrogens is 328 g/mol. The lowest BCUT2D eigenvalue weighted by molar-refractivity contribution is -0.124. The minimum atomic E-state index is -0.947. The van der Waals surface area contributed by atoms with Gasteiger partial charge in [0.2, 0.25) is 5.91 Å². The molecule has 2 aromatic rings. The lowest BCUT2D eigenvalue weighted by Crippen LogP contribution is -2.37. The molecular formula is C19H19F2NO3. The van der Waals surface area contributed by atoms with Crippen LogP contribution in [0.5, 0.6) is 0 Å². The van der Waals surface area contributed by atoms with Gasteiger partial charge in [0.05, 0.1) is 18.6 Å². The predicted octanol–water partition coefficient (Wildman–Crippen LogP) is 3.03. The first-order valence-corrected chi connectivity index (χ1v) is 8.13. The molecule has 4 nitrogen and oxygen atoms in total. The topological polar surface area (TPSA) is 58.6 Å². The van der Waals surface area contributed by atoms with Gasteiger partial charge in [-0.25, -0.2) is 8.78 Å². The highest BCUT2D eigenvalue weighted by Gasteiger charge is 2.31. The van der Waals surface area contributed by atoms with Crippen LogP contribution in [-0.2, 0) is 9.53 Å². The van der Waals surface area contributed by atoms with E-state index in [9.17, 15) is 18.7 Å². The summed E-state index contributed by atoms with van der Waals surface area (Å²) in [5.74, 6) is -2.19. The monoisotopic (exact) mass is 347 g/mol. The van der Waals surface area contributed by atoms with Crippen LogP contribution in [0.2, 0.25) is 0 Å². The summed E-state index contributed by atoms with van der Waals surface area (Å²) >= 11 is 0. The largest absolute Gasteiger partial charge is 0.388 e. The summed E-state index contributed by atoms with van der Waals surface area (Å²) in [5, 5.41) is 13.0. The third kappa shape index (κ3) is 4.21. The molecule has 0 radical (unpaired) electrons. The zero-order valence-corrected chi connectivity index (χ0v) is 13.5.